The van der Waals surface area contributed by atoms with Crippen molar-refractivity contribution in [1.29, 1.82) is 0 Å². The molecule has 0 bridgehead atoms. The largest absolute Gasteiger partial charge is 0.479 e. The lowest BCUT2D eigenvalue weighted by Gasteiger charge is -2.29. The first-order valence-electron chi connectivity index (χ1n) is 5.30. The van der Waals surface area contributed by atoms with Crippen LogP contribution in [0.25, 0.3) is 0 Å². The van der Waals surface area contributed by atoms with Crippen LogP contribution in [0, 0.1) is 0 Å². The summed E-state index contributed by atoms with van der Waals surface area (Å²) in [6.45, 7) is 1.90. The van der Waals surface area contributed by atoms with Crippen LogP contribution in [-0.4, -0.2) is 30.3 Å². The zero-order valence-electron chi connectivity index (χ0n) is 9.87. The molecule has 1 unspecified atom stereocenters. The van der Waals surface area contributed by atoms with Crippen LogP contribution >= 0.6 is 11.6 Å². The Morgan fingerprint density at radius 2 is 2.06 bits per heavy atom. The zero-order valence-corrected chi connectivity index (χ0v) is 10.6. The second-order valence-electron chi connectivity index (χ2n) is 3.81. The normalized spacial score (nSPS) is 14.1. The number of carbonyl (C=O) groups is 1. The van der Waals surface area contributed by atoms with Crippen molar-refractivity contribution >= 4 is 23.3 Å². The molecule has 0 aliphatic rings. The molecule has 4 nitrogen and oxygen atoms in total. The van der Waals surface area contributed by atoms with Crippen LogP contribution in [0.4, 0.5) is 5.69 Å². The predicted octanol–water partition coefficient (Wildman–Crippen LogP) is 2.63. The summed E-state index contributed by atoms with van der Waals surface area (Å²) in [5, 5.41) is 12.9. The first-order valence-corrected chi connectivity index (χ1v) is 5.68. The van der Waals surface area contributed by atoms with E-state index in [0.29, 0.717) is 17.1 Å². The summed E-state index contributed by atoms with van der Waals surface area (Å²) in [4.78, 5) is 11.3. The van der Waals surface area contributed by atoms with Gasteiger partial charge in [0.25, 0.3) is 0 Å². The quantitative estimate of drug-likeness (QED) is 0.823. The fraction of sp³-hybridized carbons (Fsp3) is 0.417. The van der Waals surface area contributed by atoms with Crippen molar-refractivity contribution in [3.63, 3.8) is 0 Å². The summed E-state index contributed by atoms with van der Waals surface area (Å²) < 4.78 is 4.99. The van der Waals surface area contributed by atoms with Gasteiger partial charge in [-0.25, -0.2) is 4.79 Å². The molecule has 1 aromatic rings. The third kappa shape index (κ3) is 3.35. The molecule has 0 saturated heterocycles. The summed E-state index contributed by atoms with van der Waals surface area (Å²) in [5.41, 5.74) is -0.404. The Morgan fingerprint density at radius 1 is 1.47 bits per heavy atom. The highest BCUT2D eigenvalue weighted by Gasteiger charge is 2.36. The molecule has 1 rings (SSSR count). The maximum absolute atomic E-state index is 11.3. The molecule has 0 radical (unpaired) electrons. The Morgan fingerprint density at radius 3 is 2.47 bits per heavy atom. The van der Waals surface area contributed by atoms with Gasteiger partial charge in [-0.1, -0.05) is 18.5 Å². The lowest BCUT2D eigenvalue weighted by atomic mass is 9.97. The number of aliphatic carboxylic acids is 1. The highest BCUT2D eigenvalue weighted by atomic mass is 35.5. The summed E-state index contributed by atoms with van der Waals surface area (Å²) >= 11 is 5.77. The third-order valence-electron chi connectivity index (χ3n) is 2.63. The summed E-state index contributed by atoms with van der Waals surface area (Å²) in [6, 6.07) is 6.90. The van der Waals surface area contributed by atoms with Gasteiger partial charge >= 0.3 is 5.97 Å². The average Bonchev–Trinajstić information content (AvgIpc) is 2.31. The van der Waals surface area contributed by atoms with E-state index in [0.717, 1.165) is 0 Å². The van der Waals surface area contributed by atoms with Gasteiger partial charge < -0.3 is 15.2 Å². The average molecular weight is 258 g/mol. The van der Waals surface area contributed by atoms with E-state index < -0.39 is 11.5 Å². The van der Waals surface area contributed by atoms with E-state index in [1.165, 1.54) is 7.11 Å². The minimum atomic E-state index is -1.11. The Hall–Kier alpha value is -1.26. The molecule has 2 N–H and O–H groups in total. The molecule has 0 aromatic heterocycles. The maximum atomic E-state index is 11.3. The van der Waals surface area contributed by atoms with Crippen molar-refractivity contribution in [1.82, 2.24) is 0 Å². The zero-order chi connectivity index (χ0) is 12.9. The number of methoxy groups -OCH3 is 1. The van der Waals surface area contributed by atoms with Crippen molar-refractivity contribution in [2.75, 3.05) is 19.0 Å². The number of rotatable bonds is 6. The van der Waals surface area contributed by atoms with E-state index in [1.54, 1.807) is 31.2 Å². The van der Waals surface area contributed by atoms with E-state index in [9.17, 15) is 9.90 Å². The minimum absolute atomic E-state index is 0.0987. The van der Waals surface area contributed by atoms with Crippen LogP contribution in [0.15, 0.2) is 24.3 Å². The maximum Gasteiger partial charge on any atom is 0.331 e. The van der Waals surface area contributed by atoms with Gasteiger partial charge in [0, 0.05) is 17.8 Å². The van der Waals surface area contributed by atoms with Gasteiger partial charge in [-0.05, 0) is 30.7 Å². The molecule has 0 heterocycles. The van der Waals surface area contributed by atoms with Gasteiger partial charge in [0.15, 0.2) is 5.54 Å². The number of hydrogen-bond donors (Lipinski definition) is 2. The van der Waals surface area contributed by atoms with Gasteiger partial charge in [0.2, 0.25) is 0 Å². The standard InChI is InChI=1S/C12H16ClNO3/c1-3-12(8-17-2,11(15)16)14-10-6-4-9(13)5-7-10/h4-7,14H,3,8H2,1-2H3,(H,15,16). The molecule has 1 aromatic carbocycles. The highest BCUT2D eigenvalue weighted by molar-refractivity contribution is 6.30. The van der Waals surface area contributed by atoms with E-state index in [2.05, 4.69) is 5.32 Å². The van der Waals surface area contributed by atoms with E-state index >= 15 is 0 Å². The second kappa shape index (κ2) is 5.89. The van der Waals surface area contributed by atoms with Crippen LogP contribution in [-0.2, 0) is 9.53 Å². The first kappa shape index (κ1) is 13.8. The molecule has 0 aliphatic heterocycles. The predicted molar refractivity (Wildman–Crippen MR) is 67.6 cm³/mol. The summed E-state index contributed by atoms with van der Waals surface area (Å²) in [5.74, 6) is -0.934. The third-order valence-corrected chi connectivity index (χ3v) is 2.88. The number of benzene rings is 1. The van der Waals surface area contributed by atoms with E-state index in [1.807, 2.05) is 0 Å². The molecular weight excluding hydrogens is 242 g/mol. The Kier molecular flexibility index (Phi) is 4.78. The van der Waals surface area contributed by atoms with Crippen LogP contribution in [0.3, 0.4) is 0 Å². The molecule has 5 heteroatoms. The minimum Gasteiger partial charge on any atom is -0.479 e. The SMILES string of the molecule is CCC(COC)(Nc1ccc(Cl)cc1)C(=O)O. The van der Waals surface area contributed by atoms with Crippen molar-refractivity contribution in [2.45, 2.75) is 18.9 Å². The first-order chi connectivity index (χ1) is 8.04. The van der Waals surface area contributed by atoms with Gasteiger partial charge in [-0.2, -0.15) is 0 Å². The van der Waals surface area contributed by atoms with Gasteiger partial charge in [-0.3, -0.25) is 0 Å². The number of nitrogens with one attached hydrogen (secondary N) is 1. The fourth-order valence-corrected chi connectivity index (χ4v) is 1.67. The number of carboxylic acid groups (broad SMARTS) is 1. The molecular formula is C12H16ClNO3. The smallest absolute Gasteiger partial charge is 0.331 e. The lowest BCUT2D eigenvalue weighted by molar-refractivity contribution is -0.144. The molecule has 0 aliphatic carbocycles. The van der Waals surface area contributed by atoms with E-state index in [-0.39, 0.29) is 6.61 Å². The summed E-state index contributed by atoms with van der Waals surface area (Å²) in [6.07, 6.45) is 0.415. The molecule has 94 valence electrons. The Bertz CT molecular complexity index is 380. The van der Waals surface area contributed by atoms with Gasteiger partial charge in [0.05, 0.1) is 6.61 Å². The number of carboxylic acids is 1. The van der Waals surface area contributed by atoms with Crippen LogP contribution < -0.4 is 5.32 Å². The van der Waals surface area contributed by atoms with Crippen molar-refractivity contribution in [3.05, 3.63) is 29.3 Å². The lowest BCUT2D eigenvalue weighted by Crippen LogP contribution is -2.49. The van der Waals surface area contributed by atoms with Crippen LogP contribution in [0.5, 0.6) is 0 Å². The number of halogens is 1. The monoisotopic (exact) mass is 257 g/mol. The van der Waals surface area contributed by atoms with Crippen molar-refractivity contribution in [2.24, 2.45) is 0 Å². The number of anilines is 1. The molecule has 1 atom stereocenters. The topological polar surface area (TPSA) is 58.6 Å². The molecule has 0 fully saturated rings. The molecule has 0 spiro atoms. The van der Waals surface area contributed by atoms with Crippen LogP contribution in [0.1, 0.15) is 13.3 Å². The Balaban J connectivity index is 2.92. The Labute approximate surface area is 106 Å². The number of ether oxygens (including phenoxy) is 1. The van der Waals surface area contributed by atoms with Crippen LogP contribution in [0.2, 0.25) is 5.02 Å². The second-order valence-corrected chi connectivity index (χ2v) is 4.24. The van der Waals surface area contributed by atoms with Gasteiger partial charge in [-0.15, -0.1) is 0 Å². The molecule has 17 heavy (non-hydrogen) atoms. The van der Waals surface area contributed by atoms with Crippen molar-refractivity contribution in [3.8, 4) is 0 Å². The highest BCUT2D eigenvalue weighted by Crippen LogP contribution is 2.21. The molecule has 0 amide bonds. The van der Waals surface area contributed by atoms with Gasteiger partial charge in [0.1, 0.15) is 0 Å². The number of hydrogen-bond acceptors (Lipinski definition) is 3. The fourth-order valence-electron chi connectivity index (χ4n) is 1.55. The van der Waals surface area contributed by atoms with E-state index in [4.69, 9.17) is 16.3 Å². The molecule has 0 saturated carbocycles. The summed E-state index contributed by atoms with van der Waals surface area (Å²) in [7, 11) is 1.48. The van der Waals surface area contributed by atoms with Crippen molar-refractivity contribution < 1.29 is 14.6 Å².